The highest BCUT2D eigenvalue weighted by Crippen LogP contribution is 2.14. The largest absolute Gasteiger partial charge is 0.452 e. The smallest absolute Gasteiger partial charge is 0.338 e. The van der Waals surface area contributed by atoms with Gasteiger partial charge < -0.3 is 14.2 Å². The molecule has 3 aromatic rings. The van der Waals surface area contributed by atoms with E-state index in [1.165, 1.54) is 0 Å². The first kappa shape index (κ1) is 21.2. The molecule has 0 spiro atoms. The average molecular weight is 407 g/mol. The molecule has 0 bridgehead atoms. The summed E-state index contributed by atoms with van der Waals surface area (Å²) >= 11 is 0. The van der Waals surface area contributed by atoms with Gasteiger partial charge >= 0.3 is 5.97 Å². The van der Waals surface area contributed by atoms with Gasteiger partial charge in [-0.3, -0.25) is 9.59 Å². The highest BCUT2D eigenvalue weighted by Gasteiger charge is 2.17. The summed E-state index contributed by atoms with van der Waals surface area (Å²) in [7, 11) is 0. The fourth-order valence-corrected chi connectivity index (χ4v) is 3.30. The Kier molecular flexibility index (Phi) is 6.61. The summed E-state index contributed by atoms with van der Waals surface area (Å²) in [6.45, 7) is 6.55. The van der Waals surface area contributed by atoms with Crippen molar-refractivity contribution in [3.63, 3.8) is 0 Å². The zero-order chi connectivity index (χ0) is 21.7. The van der Waals surface area contributed by atoms with E-state index in [1.54, 1.807) is 34.6 Å². The molecule has 0 saturated carbocycles. The van der Waals surface area contributed by atoms with Crippen LogP contribution >= 0.6 is 0 Å². The quantitative estimate of drug-likeness (QED) is 0.563. The summed E-state index contributed by atoms with van der Waals surface area (Å²) < 4.78 is 6.85. The SMILES string of the molecule is CCN(Cc1ccccc1)C(=O)COC(=O)c1ccc2c(c1)nc(C)c(=O)n2CC. The maximum absolute atomic E-state index is 12.5. The number of carbonyl (C=O) groups excluding carboxylic acids is 2. The van der Waals surface area contributed by atoms with E-state index in [4.69, 9.17) is 4.74 Å². The van der Waals surface area contributed by atoms with E-state index in [9.17, 15) is 14.4 Å². The van der Waals surface area contributed by atoms with Gasteiger partial charge in [0.1, 0.15) is 5.69 Å². The van der Waals surface area contributed by atoms with Crippen molar-refractivity contribution in [2.24, 2.45) is 0 Å². The van der Waals surface area contributed by atoms with Crippen LogP contribution in [-0.2, 0) is 22.6 Å². The summed E-state index contributed by atoms with van der Waals surface area (Å²) in [5, 5.41) is 0. The monoisotopic (exact) mass is 407 g/mol. The van der Waals surface area contributed by atoms with E-state index < -0.39 is 5.97 Å². The molecule has 0 aliphatic heterocycles. The molecule has 2 aromatic carbocycles. The first-order valence-corrected chi connectivity index (χ1v) is 9.94. The second kappa shape index (κ2) is 9.35. The van der Waals surface area contributed by atoms with Crippen molar-refractivity contribution in [2.45, 2.75) is 33.9 Å². The van der Waals surface area contributed by atoms with Crippen molar-refractivity contribution in [3.8, 4) is 0 Å². The van der Waals surface area contributed by atoms with Crippen LogP contribution in [0.3, 0.4) is 0 Å². The van der Waals surface area contributed by atoms with Crippen LogP contribution in [-0.4, -0.2) is 39.5 Å². The van der Waals surface area contributed by atoms with Crippen molar-refractivity contribution >= 4 is 22.9 Å². The fraction of sp³-hybridized carbons (Fsp3) is 0.304. The minimum atomic E-state index is -0.602. The number of hydrogen-bond acceptors (Lipinski definition) is 5. The number of aryl methyl sites for hydroxylation is 2. The lowest BCUT2D eigenvalue weighted by atomic mass is 10.2. The lowest BCUT2D eigenvalue weighted by Crippen LogP contribution is -2.34. The second-order valence-corrected chi connectivity index (χ2v) is 6.92. The van der Waals surface area contributed by atoms with Gasteiger partial charge in [0.2, 0.25) is 0 Å². The van der Waals surface area contributed by atoms with E-state index in [0.717, 1.165) is 5.56 Å². The molecule has 0 saturated heterocycles. The Morgan fingerprint density at radius 1 is 1.10 bits per heavy atom. The van der Waals surface area contributed by atoms with Gasteiger partial charge in [0, 0.05) is 19.6 Å². The van der Waals surface area contributed by atoms with Crippen LogP contribution in [0.1, 0.15) is 35.5 Å². The molecule has 0 atom stereocenters. The molecule has 0 fully saturated rings. The van der Waals surface area contributed by atoms with Crippen LogP contribution in [0.15, 0.2) is 53.3 Å². The van der Waals surface area contributed by atoms with Crippen LogP contribution in [0.5, 0.6) is 0 Å². The van der Waals surface area contributed by atoms with Gasteiger partial charge in [-0.1, -0.05) is 30.3 Å². The van der Waals surface area contributed by atoms with Crippen molar-refractivity contribution in [2.75, 3.05) is 13.2 Å². The second-order valence-electron chi connectivity index (χ2n) is 6.92. The number of nitrogens with zero attached hydrogens (tertiary/aromatic N) is 3. The molecule has 30 heavy (non-hydrogen) atoms. The van der Waals surface area contributed by atoms with Gasteiger partial charge in [0.25, 0.3) is 11.5 Å². The average Bonchev–Trinajstić information content (AvgIpc) is 2.76. The van der Waals surface area contributed by atoms with Crippen LogP contribution < -0.4 is 5.56 Å². The summed E-state index contributed by atoms with van der Waals surface area (Å²) in [5.41, 5.74) is 2.70. The predicted molar refractivity (Wildman–Crippen MR) is 114 cm³/mol. The van der Waals surface area contributed by atoms with Crippen molar-refractivity contribution in [3.05, 3.63) is 75.7 Å². The number of aromatic nitrogens is 2. The number of hydrogen-bond donors (Lipinski definition) is 0. The third-order valence-electron chi connectivity index (χ3n) is 4.94. The lowest BCUT2D eigenvalue weighted by molar-refractivity contribution is -0.134. The van der Waals surface area contributed by atoms with Crippen molar-refractivity contribution in [1.29, 1.82) is 0 Å². The van der Waals surface area contributed by atoms with E-state index in [0.29, 0.717) is 36.4 Å². The zero-order valence-corrected chi connectivity index (χ0v) is 17.4. The van der Waals surface area contributed by atoms with Crippen molar-refractivity contribution in [1.82, 2.24) is 14.5 Å². The molecule has 3 rings (SSSR count). The summed E-state index contributed by atoms with van der Waals surface area (Å²) in [6, 6.07) is 14.5. The first-order chi connectivity index (χ1) is 14.4. The molecule has 0 N–H and O–H groups in total. The summed E-state index contributed by atoms with van der Waals surface area (Å²) in [6.07, 6.45) is 0. The van der Waals surface area contributed by atoms with Crippen LogP contribution in [0.25, 0.3) is 11.0 Å². The molecular weight excluding hydrogens is 382 g/mol. The van der Waals surface area contributed by atoms with Gasteiger partial charge in [-0.2, -0.15) is 0 Å². The Labute approximate surface area is 174 Å². The van der Waals surface area contributed by atoms with Gasteiger partial charge in [0.15, 0.2) is 6.61 Å². The highest BCUT2D eigenvalue weighted by atomic mass is 16.5. The molecule has 0 aliphatic rings. The Morgan fingerprint density at radius 3 is 2.50 bits per heavy atom. The Bertz CT molecular complexity index is 1120. The fourth-order valence-electron chi connectivity index (χ4n) is 3.30. The van der Waals surface area contributed by atoms with Gasteiger partial charge in [-0.05, 0) is 44.5 Å². The number of amides is 1. The number of benzene rings is 2. The number of rotatable bonds is 7. The molecular formula is C23H25N3O4. The molecule has 0 unspecified atom stereocenters. The first-order valence-electron chi connectivity index (χ1n) is 9.94. The van der Waals surface area contributed by atoms with Crippen molar-refractivity contribution < 1.29 is 14.3 Å². The minimum absolute atomic E-state index is 0.149. The maximum atomic E-state index is 12.5. The van der Waals surface area contributed by atoms with E-state index in [2.05, 4.69) is 4.98 Å². The Hall–Kier alpha value is -3.48. The molecule has 1 amide bonds. The number of esters is 1. The predicted octanol–water partition coefficient (Wildman–Crippen LogP) is 2.93. The normalized spacial score (nSPS) is 10.8. The van der Waals surface area contributed by atoms with Crippen LogP contribution in [0.4, 0.5) is 0 Å². The molecule has 1 heterocycles. The number of likely N-dealkylation sites (N-methyl/N-ethyl adjacent to an activating group) is 1. The number of ether oxygens (including phenoxy) is 1. The third kappa shape index (κ3) is 4.56. The maximum Gasteiger partial charge on any atom is 0.338 e. The van der Waals surface area contributed by atoms with Gasteiger partial charge in [0.05, 0.1) is 16.6 Å². The topological polar surface area (TPSA) is 81.5 Å². The number of carbonyl (C=O) groups is 2. The number of fused-ring (bicyclic) bond motifs is 1. The minimum Gasteiger partial charge on any atom is -0.452 e. The lowest BCUT2D eigenvalue weighted by Gasteiger charge is -2.20. The molecule has 7 nitrogen and oxygen atoms in total. The van der Waals surface area contributed by atoms with Gasteiger partial charge in [-0.15, -0.1) is 0 Å². The Balaban J connectivity index is 1.71. The molecule has 1 aromatic heterocycles. The van der Waals surface area contributed by atoms with E-state index in [1.807, 2.05) is 44.2 Å². The third-order valence-corrected chi connectivity index (χ3v) is 4.94. The molecule has 7 heteroatoms. The molecule has 0 radical (unpaired) electrons. The Morgan fingerprint density at radius 2 is 1.83 bits per heavy atom. The summed E-state index contributed by atoms with van der Waals surface area (Å²) in [4.78, 5) is 43.1. The standard InChI is InChI=1S/C23H25N3O4/c1-4-25(14-17-9-7-6-8-10-17)21(27)15-30-23(29)18-11-12-20-19(13-18)24-16(3)22(28)26(20)5-2/h6-13H,4-5,14-15H2,1-3H3. The molecule has 0 aliphatic carbocycles. The highest BCUT2D eigenvalue weighted by molar-refractivity contribution is 5.94. The van der Waals surface area contributed by atoms with Gasteiger partial charge in [-0.25, -0.2) is 9.78 Å². The van der Waals surface area contributed by atoms with Crippen LogP contribution in [0.2, 0.25) is 0 Å². The van der Waals surface area contributed by atoms with Crippen LogP contribution in [0, 0.1) is 6.92 Å². The summed E-state index contributed by atoms with van der Waals surface area (Å²) in [5.74, 6) is -0.862. The molecule has 156 valence electrons. The van der Waals surface area contributed by atoms with E-state index >= 15 is 0 Å². The zero-order valence-electron chi connectivity index (χ0n) is 17.4. The van der Waals surface area contributed by atoms with E-state index in [-0.39, 0.29) is 23.6 Å².